The van der Waals surface area contributed by atoms with Crippen LogP contribution in [0.1, 0.15) is 0 Å². The fraction of sp³-hybridized carbons (Fsp3) is 0. The van der Waals surface area contributed by atoms with E-state index >= 15 is 0 Å². The Labute approximate surface area is 65.0 Å². The van der Waals surface area contributed by atoms with Gasteiger partial charge in [-0.1, -0.05) is 0 Å². The molecule has 0 aliphatic carbocycles. The summed E-state index contributed by atoms with van der Waals surface area (Å²) in [6.07, 6.45) is 0. The highest BCUT2D eigenvalue weighted by Crippen LogP contribution is 1.61. The molecule has 4 amide bonds. The summed E-state index contributed by atoms with van der Waals surface area (Å²) in [6.45, 7) is 0. The topological polar surface area (TPSA) is 91.5 Å². The van der Waals surface area contributed by atoms with Crippen LogP contribution in [-0.4, -0.2) is 28.0 Å². The highest BCUT2D eigenvalue weighted by molar-refractivity contribution is 6.14. The summed E-state index contributed by atoms with van der Waals surface area (Å²) < 4.78 is 0. The number of hydrogen-bond donors (Lipinski definition) is 4. The maximum Gasteiger partial charge on any atom is 0.328 e. The summed E-state index contributed by atoms with van der Waals surface area (Å²) in [4.78, 5) is 24.9. The number of urea groups is 2. The molecular weight excluding hydrogens is 150 g/mol. The monoisotopic (exact) mass is 158 g/mol. The van der Waals surface area contributed by atoms with Gasteiger partial charge in [-0.15, -0.1) is 0 Å². The van der Waals surface area contributed by atoms with Gasteiger partial charge in [-0.2, -0.15) is 15.9 Å². The fourth-order valence-corrected chi connectivity index (χ4v) is 0.220. The quantitative estimate of drug-likeness (QED) is 0.248. The molecule has 9 heteroatoms. The molecule has 0 aromatic heterocycles. The molecule has 0 fully saturated rings. The summed E-state index contributed by atoms with van der Waals surface area (Å²) >= 11 is 0. The number of carbonyl (C=O) groups excluding carboxylic acids is 2. The molecule has 0 bridgehead atoms. The van der Waals surface area contributed by atoms with Crippen molar-refractivity contribution in [2.24, 2.45) is 0 Å². The normalized spacial score (nSPS) is 8.00. The van der Waals surface area contributed by atoms with Crippen molar-refractivity contribution >= 4 is 28.0 Å². The Morgan fingerprint density at radius 3 is 1.64 bits per heavy atom. The molecule has 0 spiro atoms. The predicted octanol–water partition coefficient (Wildman–Crippen LogP) is -3.47. The molecule has 0 aromatic rings. The van der Waals surface area contributed by atoms with Crippen LogP contribution in [0.15, 0.2) is 0 Å². The van der Waals surface area contributed by atoms with Crippen LogP contribution in [0.25, 0.3) is 0 Å². The average molecular weight is 158 g/mol. The van der Waals surface area contributed by atoms with Crippen LogP contribution in [0.4, 0.5) is 9.59 Å². The molecule has 11 heavy (non-hydrogen) atoms. The van der Waals surface area contributed by atoms with Gasteiger partial charge < -0.3 is 10.5 Å². The molecule has 0 unspecified atom stereocenters. The van der Waals surface area contributed by atoms with E-state index in [-0.39, 0.29) is 0 Å². The third-order valence-electron chi connectivity index (χ3n) is 0.742. The van der Waals surface area contributed by atoms with Crippen LogP contribution in [0.2, 0.25) is 0 Å². The van der Waals surface area contributed by atoms with Crippen molar-refractivity contribution in [1.29, 1.82) is 0 Å². The third-order valence-corrected chi connectivity index (χ3v) is 0.742. The van der Waals surface area contributed by atoms with Gasteiger partial charge in [-0.05, 0) is 0 Å². The summed E-state index contributed by atoms with van der Waals surface area (Å²) in [5.74, 6) is 0. The minimum atomic E-state index is -0.554. The van der Waals surface area contributed by atoms with Gasteiger partial charge in [0.2, 0.25) is 16.0 Å². The zero-order valence-electron chi connectivity index (χ0n) is 6.22. The second-order valence-corrected chi connectivity index (χ2v) is 1.46. The van der Waals surface area contributed by atoms with E-state index in [1.54, 1.807) is 0 Å². The first-order valence-corrected chi connectivity index (χ1v) is 2.82. The highest BCUT2D eigenvalue weighted by atomic mass is 16.8. The number of nitrogens with one attached hydrogen (secondary N) is 4. The van der Waals surface area contributed by atoms with E-state index in [4.69, 9.17) is 0 Å². The van der Waals surface area contributed by atoms with Crippen molar-refractivity contribution in [3.63, 3.8) is 0 Å². The Balaban J connectivity index is 3.27. The van der Waals surface area contributed by atoms with Crippen molar-refractivity contribution in [3.8, 4) is 0 Å². The van der Waals surface area contributed by atoms with Crippen molar-refractivity contribution in [2.75, 3.05) is 0 Å². The summed E-state index contributed by atoms with van der Waals surface area (Å²) in [5, 5.41) is 4.42. The summed E-state index contributed by atoms with van der Waals surface area (Å²) in [7, 11) is 2.83. The molecule has 0 aliphatic heterocycles. The van der Waals surface area contributed by atoms with Crippen LogP contribution < -0.4 is 21.4 Å². The van der Waals surface area contributed by atoms with E-state index < -0.39 is 12.1 Å². The van der Waals surface area contributed by atoms with Gasteiger partial charge in [-0.3, -0.25) is 0 Å². The lowest BCUT2D eigenvalue weighted by Gasteiger charge is -2.04. The maximum absolute atomic E-state index is 10.4. The molecule has 0 atom stereocenters. The fourth-order valence-electron chi connectivity index (χ4n) is 0.220. The van der Waals surface area contributed by atoms with Crippen molar-refractivity contribution < 1.29 is 14.5 Å². The van der Waals surface area contributed by atoms with Gasteiger partial charge in [0.25, 0.3) is 0 Å². The number of carbonyl (C=O) groups is 2. The minimum Gasteiger partial charge on any atom is -0.387 e. The second kappa shape index (κ2) is 5.42. The van der Waals surface area contributed by atoms with Gasteiger partial charge in [0.1, 0.15) is 0 Å². The van der Waals surface area contributed by atoms with Crippen LogP contribution in [0.3, 0.4) is 0 Å². The average Bonchev–Trinajstić information content (AvgIpc) is 2.04. The van der Waals surface area contributed by atoms with Crippen molar-refractivity contribution in [3.05, 3.63) is 0 Å². The van der Waals surface area contributed by atoms with Crippen LogP contribution in [-0.2, 0) is 4.94 Å². The lowest BCUT2D eigenvalue weighted by Crippen LogP contribution is -2.42. The molecule has 7 nitrogen and oxygen atoms in total. The van der Waals surface area contributed by atoms with Gasteiger partial charge in [0.15, 0.2) is 0 Å². The molecule has 0 radical (unpaired) electrons. The van der Waals surface area contributed by atoms with Crippen LogP contribution >= 0.6 is 0 Å². The van der Waals surface area contributed by atoms with Gasteiger partial charge in [-0.25, -0.2) is 9.59 Å². The van der Waals surface area contributed by atoms with Gasteiger partial charge in [0.05, 0.1) is 0 Å². The molecule has 0 aromatic carbocycles. The van der Waals surface area contributed by atoms with E-state index in [9.17, 15) is 9.59 Å². The molecule has 0 saturated carbocycles. The maximum atomic E-state index is 10.4. The molecule has 0 aliphatic rings. The first-order valence-electron chi connectivity index (χ1n) is 2.82. The molecular formula is C2H8B2N4O3. The minimum absolute atomic E-state index is 0.554. The number of hydroxylamine groups is 2. The standard InChI is InChI=1S/C2H8B2N4O3/c3-5-1(9)7-11-8-2(10)6-4/h3-4H2,(H2,5,7,9)(H2,6,8,10). The first kappa shape index (κ1) is 9.63. The zero-order chi connectivity index (χ0) is 8.69. The lowest BCUT2D eigenvalue weighted by atomic mass is 10.4. The molecule has 60 valence electrons. The third kappa shape index (κ3) is 5.09. The molecule has 0 saturated heterocycles. The van der Waals surface area contributed by atoms with Gasteiger partial charge >= 0.3 is 12.1 Å². The van der Waals surface area contributed by atoms with Crippen LogP contribution in [0, 0.1) is 0 Å². The summed E-state index contributed by atoms with van der Waals surface area (Å²) in [5.41, 5.74) is 3.75. The molecule has 0 heterocycles. The Hall–Kier alpha value is -1.37. The SMILES string of the molecule is BNC(=O)NONC(=O)NB. The highest BCUT2D eigenvalue weighted by Gasteiger charge is 1.96. The zero-order valence-corrected chi connectivity index (χ0v) is 6.22. The Morgan fingerprint density at radius 2 is 1.36 bits per heavy atom. The van der Waals surface area contributed by atoms with E-state index in [2.05, 4.69) is 15.4 Å². The predicted molar refractivity (Wildman–Crippen MR) is 41.5 cm³/mol. The second-order valence-electron chi connectivity index (χ2n) is 1.46. The summed E-state index contributed by atoms with van der Waals surface area (Å²) in [6, 6.07) is -1.11. The van der Waals surface area contributed by atoms with Gasteiger partial charge in [0, 0.05) is 0 Å². The molecule has 0 rings (SSSR count). The Kier molecular flexibility index (Phi) is 4.74. The Bertz CT molecular complexity index is 136. The van der Waals surface area contributed by atoms with Crippen molar-refractivity contribution in [2.45, 2.75) is 0 Å². The van der Waals surface area contributed by atoms with E-state index in [0.717, 1.165) is 0 Å². The van der Waals surface area contributed by atoms with E-state index in [1.165, 1.54) is 16.0 Å². The first-order chi connectivity index (χ1) is 5.20. The molecule has 4 N–H and O–H groups in total. The van der Waals surface area contributed by atoms with Crippen LogP contribution in [0.5, 0.6) is 0 Å². The number of rotatable bonds is 2. The smallest absolute Gasteiger partial charge is 0.328 e. The Morgan fingerprint density at radius 1 is 1.00 bits per heavy atom. The lowest BCUT2D eigenvalue weighted by molar-refractivity contribution is 0.00675. The van der Waals surface area contributed by atoms with Crippen molar-refractivity contribution in [1.82, 2.24) is 21.4 Å². The van der Waals surface area contributed by atoms with E-state index in [1.807, 2.05) is 11.0 Å². The largest absolute Gasteiger partial charge is 0.387 e. The number of amides is 4. The number of hydrogen-bond acceptors (Lipinski definition) is 3. The van der Waals surface area contributed by atoms with E-state index in [0.29, 0.717) is 0 Å².